The van der Waals surface area contributed by atoms with Crippen molar-refractivity contribution in [3.63, 3.8) is 0 Å². The Bertz CT molecular complexity index is 854. The van der Waals surface area contributed by atoms with Gasteiger partial charge in [-0.15, -0.1) is 0 Å². The zero-order valence-electron chi connectivity index (χ0n) is 12.8. The summed E-state index contributed by atoms with van der Waals surface area (Å²) in [5, 5.41) is 2.96. The molecule has 0 atom stereocenters. The van der Waals surface area contributed by atoms with E-state index in [0.29, 0.717) is 5.95 Å². The minimum absolute atomic E-state index is 0.249. The molecule has 0 aliphatic carbocycles. The quantitative estimate of drug-likeness (QED) is 0.807. The molecule has 0 unspecified atom stereocenters. The monoisotopic (exact) mass is 309 g/mol. The van der Waals surface area contributed by atoms with Gasteiger partial charge in [-0.25, -0.2) is 19.3 Å². The van der Waals surface area contributed by atoms with Crippen LogP contribution in [0.5, 0.6) is 0 Å². The fraction of sp³-hybridized carbons (Fsp3) is 0.235. The molecule has 0 spiro atoms. The molecule has 0 fully saturated rings. The maximum absolute atomic E-state index is 13.2. The summed E-state index contributed by atoms with van der Waals surface area (Å²) < 4.78 is 15.4. The van der Waals surface area contributed by atoms with Crippen LogP contribution in [-0.4, -0.2) is 26.6 Å². The van der Waals surface area contributed by atoms with Gasteiger partial charge in [0.25, 0.3) is 0 Å². The van der Waals surface area contributed by atoms with Crippen molar-refractivity contribution in [2.45, 2.75) is 19.4 Å². The Morgan fingerprint density at radius 1 is 1.13 bits per heavy atom. The highest BCUT2D eigenvalue weighted by Gasteiger charge is 2.24. The molecule has 3 heterocycles. The van der Waals surface area contributed by atoms with E-state index in [1.54, 1.807) is 25.4 Å². The highest BCUT2D eigenvalue weighted by atomic mass is 19.1. The Balaban J connectivity index is 1.92. The molecule has 4 rings (SSSR count). The molecule has 5 nitrogen and oxygen atoms in total. The second-order valence-electron chi connectivity index (χ2n) is 5.50. The Labute approximate surface area is 133 Å². The summed E-state index contributed by atoms with van der Waals surface area (Å²) in [6.07, 6.45) is 3.78. The molecule has 1 N–H and O–H groups in total. The van der Waals surface area contributed by atoms with Gasteiger partial charge in [0.15, 0.2) is 0 Å². The number of fused-ring (bicyclic) bond motifs is 1. The van der Waals surface area contributed by atoms with Gasteiger partial charge in [0.1, 0.15) is 11.6 Å². The first-order valence-corrected chi connectivity index (χ1v) is 7.63. The lowest BCUT2D eigenvalue weighted by molar-refractivity contribution is 0.628. The smallest absolute Gasteiger partial charge is 0.222 e. The molecule has 3 aromatic rings. The lowest BCUT2D eigenvalue weighted by Crippen LogP contribution is -2.01. The van der Waals surface area contributed by atoms with E-state index in [9.17, 15) is 4.39 Å². The standard InChI is InChI=1S/C17H16FN5/c1-19-17-20-9-8-13(21-17)16-15(11-4-6-12(18)7-5-11)22-14-3-2-10-23(14)16/h4-9H,2-3,10H2,1H3,(H,19,20,21). The van der Waals surface area contributed by atoms with Crippen LogP contribution in [0.4, 0.5) is 10.3 Å². The van der Waals surface area contributed by atoms with Crippen molar-refractivity contribution >= 4 is 5.95 Å². The molecular weight excluding hydrogens is 293 g/mol. The molecule has 0 saturated carbocycles. The summed E-state index contributed by atoms with van der Waals surface area (Å²) >= 11 is 0. The fourth-order valence-electron chi connectivity index (χ4n) is 3.01. The Kier molecular flexibility index (Phi) is 3.29. The van der Waals surface area contributed by atoms with E-state index in [1.807, 2.05) is 6.07 Å². The van der Waals surface area contributed by atoms with Gasteiger partial charge in [0.2, 0.25) is 5.95 Å². The third-order valence-corrected chi connectivity index (χ3v) is 4.07. The van der Waals surface area contributed by atoms with Gasteiger partial charge >= 0.3 is 0 Å². The van der Waals surface area contributed by atoms with Gasteiger partial charge in [0.05, 0.1) is 17.1 Å². The van der Waals surface area contributed by atoms with Gasteiger partial charge in [-0.3, -0.25) is 0 Å². The normalized spacial score (nSPS) is 13.1. The summed E-state index contributed by atoms with van der Waals surface area (Å²) in [4.78, 5) is 13.5. The van der Waals surface area contributed by atoms with Crippen molar-refractivity contribution in [1.82, 2.24) is 19.5 Å². The first kappa shape index (κ1) is 13.9. The van der Waals surface area contributed by atoms with Crippen molar-refractivity contribution in [3.05, 3.63) is 48.2 Å². The van der Waals surface area contributed by atoms with Gasteiger partial charge in [0, 0.05) is 31.8 Å². The average Bonchev–Trinajstić information content (AvgIpc) is 3.16. The number of imidazole rings is 1. The molecule has 6 heteroatoms. The van der Waals surface area contributed by atoms with E-state index in [0.717, 1.165) is 47.9 Å². The Morgan fingerprint density at radius 3 is 2.74 bits per heavy atom. The number of hydrogen-bond donors (Lipinski definition) is 1. The van der Waals surface area contributed by atoms with Crippen molar-refractivity contribution < 1.29 is 4.39 Å². The zero-order chi connectivity index (χ0) is 15.8. The van der Waals surface area contributed by atoms with E-state index in [1.165, 1.54) is 12.1 Å². The SMILES string of the molecule is CNc1nccc(-c2c(-c3ccc(F)cc3)nc3n2CCC3)n1. The van der Waals surface area contributed by atoms with Crippen LogP contribution < -0.4 is 5.32 Å². The van der Waals surface area contributed by atoms with Gasteiger partial charge in [-0.1, -0.05) is 0 Å². The van der Waals surface area contributed by atoms with Crippen LogP contribution in [0, 0.1) is 5.82 Å². The van der Waals surface area contributed by atoms with E-state index in [4.69, 9.17) is 4.98 Å². The van der Waals surface area contributed by atoms with Crippen LogP contribution in [0.15, 0.2) is 36.5 Å². The first-order chi connectivity index (χ1) is 11.3. The molecular formula is C17H16FN5. The lowest BCUT2D eigenvalue weighted by Gasteiger charge is -2.09. The van der Waals surface area contributed by atoms with E-state index in [2.05, 4.69) is 19.9 Å². The Hall–Kier alpha value is -2.76. The molecule has 1 aliphatic rings. The van der Waals surface area contributed by atoms with Crippen LogP contribution in [0.3, 0.4) is 0 Å². The molecule has 2 aromatic heterocycles. The van der Waals surface area contributed by atoms with Gasteiger partial charge in [-0.05, 0) is 36.8 Å². The molecule has 23 heavy (non-hydrogen) atoms. The van der Waals surface area contributed by atoms with Crippen LogP contribution in [0.25, 0.3) is 22.6 Å². The van der Waals surface area contributed by atoms with Crippen molar-refractivity contribution in [2.24, 2.45) is 0 Å². The van der Waals surface area contributed by atoms with Gasteiger partial charge < -0.3 is 9.88 Å². The number of halogens is 1. The third kappa shape index (κ3) is 2.36. The number of benzene rings is 1. The van der Waals surface area contributed by atoms with E-state index in [-0.39, 0.29) is 5.82 Å². The number of nitrogens with zero attached hydrogens (tertiary/aromatic N) is 4. The third-order valence-electron chi connectivity index (χ3n) is 4.07. The van der Waals surface area contributed by atoms with Gasteiger partial charge in [-0.2, -0.15) is 0 Å². The van der Waals surface area contributed by atoms with Crippen LogP contribution >= 0.6 is 0 Å². The highest BCUT2D eigenvalue weighted by molar-refractivity contribution is 5.77. The first-order valence-electron chi connectivity index (χ1n) is 7.63. The van der Waals surface area contributed by atoms with Crippen LogP contribution in [0.1, 0.15) is 12.2 Å². The lowest BCUT2D eigenvalue weighted by atomic mass is 10.1. The molecule has 116 valence electrons. The van der Waals surface area contributed by atoms with Crippen LogP contribution in [-0.2, 0) is 13.0 Å². The molecule has 1 aliphatic heterocycles. The summed E-state index contributed by atoms with van der Waals surface area (Å²) in [7, 11) is 1.79. The number of aryl methyl sites for hydroxylation is 1. The number of anilines is 1. The average molecular weight is 309 g/mol. The summed E-state index contributed by atoms with van der Waals surface area (Å²) in [6.45, 7) is 0.928. The van der Waals surface area contributed by atoms with E-state index < -0.39 is 0 Å². The zero-order valence-corrected chi connectivity index (χ0v) is 12.8. The largest absolute Gasteiger partial charge is 0.357 e. The summed E-state index contributed by atoms with van der Waals surface area (Å²) in [5.41, 5.74) is 3.54. The molecule has 0 radical (unpaired) electrons. The molecule has 0 bridgehead atoms. The maximum atomic E-state index is 13.2. The second kappa shape index (κ2) is 5.46. The highest BCUT2D eigenvalue weighted by Crippen LogP contribution is 2.34. The van der Waals surface area contributed by atoms with E-state index >= 15 is 0 Å². The predicted octanol–water partition coefficient (Wildman–Crippen LogP) is 3.13. The summed E-state index contributed by atoms with van der Waals surface area (Å²) in [6, 6.07) is 8.33. The second-order valence-corrected chi connectivity index (χ2v) is 5.50. The molecule has 0 saturated heterocycles. The minimum atomic E-state index is -0.249. The number of aromatic nitrogens is 4. The maximum Gasteiger partial charge on any atom is 0.222 e. The molecule has 0 amide bonds. The van der Waals surface area contributed by atoms with Crippen molar-refractivity contribution in [1.29, 1.82) is 0 Å². The van der Waals surface area contributed by atoms with Crippen molar-refractivity contribution in [3.8, 4) is 22.6 Å². The number of rotatable bonds is 3. The topological polar surface area (TPSA) is 55.6 Å². The molecule has 1 aromatic carbocycles. The number of hydrogen-bond acceptors (Lipinski definition) is 4. The predicted molar refractivity (Wildman–Crippen MR) is 86.5 cm³/mol. The summed E-state index contributed by atoms with van der Waals surface area (Å²) in [5.74, 6) is 1.38. The Morgan fingerprint density at radius 2 is 1.96 bits per heavy atom. The fourth-order valence-corrected chi connectivity index (χ4v) is 3.01. The number of nitrogens with one attached hydrogen (secondary N) is 1. The minimum Gasteiger partial charge on any atom is -0.357 e. The van der Waals surface area contributed by atoms with Crippen molar-refractivity contribution in [2.75, 3.05) is 12.4 Å². The van der Waals surface area contributed by atoms with Crippen LogP contribution in [0.2, 0.25) is 0 Å².